The Bertz CT molecular complexity index is 651. The van der Waals surface area contributed by atoms with Crippen molar-refractivity contribution >= 4 is 40.3 Å². The van der Waals surface area contributed by atoms with Gasteiger partial charge >= 0.3 is 0 Å². The molecule has 5 nitrogen and oxygen atoms in total. The molecule has 0 saturated heterocycles. The third-order valence-corrected chi connectivity index (χ3v) is 3.59. The molecule has 2 aromatic heterocycles. The van der Waals surface area contributed by atoms with Gasteiger partial charge in [0.2, 0.25) is 5.91 Å². The third-order valence-electron chi connectivity index (χ3n) is 3.19. The molecule has 0 unspecified atom stereocenters. The van der Waals surface area contributed by atoms with Gasteiger partial charge in [-0.25, -0.2) is 9.97 Å². The van der Waals surface area contributed by atoms with Gasteiger partial charge in [0.15, 0.2) is 5.65 Å². The summed E-state index contributed by atoms with van der Waals surface area (Å²) >= 11 is 11.7. The van der Waals surface area contributed by atoms with Crippen molar-refractivity contribution in [2.24, 2.45) is 0 Å². The zero-order valence-corrected chi connectivity index (χ0v) is 12.3. The summed E-state index contributed by atoms with van der Waals surface area (Å²) in [5, 5.41) is 3.49. The highest BCUT2D eigenvalue weighted by atomic mass is 35.5. The summed E-state index contributed by atoms with van der Waals surface area (Å²) < 4.78 is 1.81. The largest absolute Gasteiger partial charge is 0.352 e. The fourth-order valence-electron chi connectivity index (χ4n) is 2.12. The Hall–Kier alpha value is -1.33. The minimum Gasteiger partial charge on any atom is -0.352 e. The number of carbonyl (C=O) groups is 1. The van der Waals surface area contributed by atoms with Gasteiger partial charge in [-0.15, -0.1) is 11.6 Å². The monoisotopic (exact) mass is 312 g/mol. The standard InChI is InChI=1S/C13H14Cl2N4O/c14-4-3-11-18-10-5-8(15)6-16-13(10)19(11)7-12(20)17-9-1-2-9/h5-6,9H,1-4,7H2,(H,17,20). The smallest absolute Gasteiger partial charge is 0.240 e. The van der Waals surface area contributed by atoms with Crippen molar-refractivity contribution in [3.8, 4) is 0 Å². The number of hydrogen-bond donors (Lipinski definition) is 1. The van der Waals surface area contributed by atoms with Crippen LogP contribution in [0.15, 0.2) is 12.3 Å². The Morgan fingerprint density at radius 1 is 1.50 bits per heavy atom. The molecule has 1 aliphatic carbocycles. The van der Waals surface area contributed by atoms with Gasteiger partial charge in [-0.05, 0) is 18.9 Å². The lowest BCUT2D eigenvalue weighted by molar-refractivity contribution is -0.121. The number of fused-ring (bicyclic) bond motifs is 1. The first-order chi connectivity index (χ1) is 9.67. The van der Waals surface area contributed by atoms with Crippen LogP contribution in [0.1, 0.15) is 18.7 Å². The van der Waals surface area contributed by atoms with E-state index >= 15 is 0 Å². The van der Waals surface area contributed by atoms with Crippen molar-refractivity contribution in [1.82, 2.24) is 19.9 Å². The van der Waals surface area contributed by atoms with Gasteiger partial charge in [0.1, 0.15) is 17.9 Å². The summed E-state index contributed by atoms with van der Waals surface area (Å²) in [5.74, 6) is 1.19. The van der Waals surface area contributed by atoms with Crippen molar-refractivity contribution in [2.75, 3.05) is 5.88 Å². The predicted octanol–water partition coefficient (Wildman–Crippen LogP) is 2.14. The number of hydrogen-bond acceptors (Lipinski definition) is 3. The van der Waals surface area contributed by atoms with Crippen LogP contribution >= 0.6 is 23.2 Å². The molecule has 3 rings (SSSR count). The average Bonchev–Trinajstić information content (AvgIpc) is 3.14. The minimum atomic E-state index is -0.0145. The lowest BCUT2D eigenvalue weighted by Gasteiger charge is -2.08. The molecule has 0 aromatic carbocycles. The van der Waals surface area contributed by atoms with Crippen LogP contribution in [0.5, 0.6) is 0 Å². The SMILES string of the molecule is O=C(Cn1c(CCCl)nc2cc(Cl)cnc21)NC1CC1. The van der Waals surface area contributed by atoms with Crippen molar-refractivity contribution < 1.29 is 4.79 Å². The molecule has 2 aromatic rings. The highest BCUT2D eigenvalue weighted by Crippen LogP contribution is 2.20. The lowest BCUT2D eigenvalue weighted by Crippen LogP contribution is -2.30. The number of nitrogens with one attached hydrogen (secondary N) is 1. The van der Waals surface area contributed by atoms with E-state index in [9.17, 15) is 4.79 Å². The van der Waals surface area contributed by atoms with Crippen LogP contribution in [-0.4, -0.2) is 32.4 Å². The number of alkyl halides is 1. The zero-order valence-electron chi connectivity index (χ0n) is 10.8. The molecule has 1 N–H and O–H groups in total. The van der Waals surface area contributed by atoms with Crippen molar-refractivity contribution in [1.29, 1.82) is 0 Å². The fraction of sp³-hybridized carbons (Fsp3) is 0.462. The van der Waals surface area contributed by atoms with E-state index in [4.69, 9.17) is 23.2 Å². The van der Waals surface area contributed by atoms with Crippen molar-refractivity contribution in [3.05, 3.63) is 23.1 Å². The molecule has 0 radical (unpaired) electrons. The van der Waals surface area contributed by atoms with Crippen LogP contribution < -0.4 is 5.32 Å². The maximum absolute atomic E-state index is 12.0. The number of amides is 1. The highest BCUT2D eigenvalue weighted by Gasteiger charge is 2.24. The number of aryl methyl sites for hydroxylation is 1. The van der Waals surface area contributed by atoms with E-state index in [1.165, 1.54) is 0 Å². The van der Waals surface area contributed by atoms with Crippen molar-refractivity contribution in [2.45, 2.75) is 31.8 Å². The number of pyridine rings is 1. The summed E-state index contributed by atoms with van der Waals surface area (Å²) in [4.78, 5) is 20.7. The summed E-state index contributed by atoms with van der Waals surface area (Å²) in [6.07, 6.45) is 4.29. The molecule has 20 heavy (non-hydrogen) atoms. The Balaban J connectivity index is 1.92. The third kappa shape index (κ3) is 2.88. The Morgan fingerprint density at radius 3 is 3.00 bits per heavy atom. The van der Waals surface area contributed by atoms with Gasteiger partial charge in [0, 0.05) is 24.5 Å². The molecule has 0 spiro atoms. The quantitative estimate of drug-likeness (QED) is 0.861. The molecule has 7 heteroatoms. The zero-order chi connectivity index (χ0) is 14.1. The van der Waals surface area contributed by atoms with E-state index in [1.54, 1.807) is 12.3 Å². The van der Waals surface area contributed by atoms with E-state index < -0.39 is 0 Å². The number of halogens is 2. The van der Waals surface area contributed by atoms with Gasteiger partial charge in [-0.2, -0.15) is 0 Å². The van der Waals surface area contributed by atoms with Gasteiger partial charge in [0.25, 0.3) is 0 Å². The van der Waals surface area contributed by atoms with Crippen molar-refractivity contribution in [3.63, 3.8) is 0 Å². The first-order valence-corrected chi connectivity index (χ1v) is 7.44. The molecule has 1 amide bonds. The van der Waals surface area contributed by atoms with Crippen LogP contribution in [0.2, 0.25) is 5.02 Å². The number of rotatable bonds is 5. The predicted molar refractivity (Wildman–Crippen MR) is 78.1 cm³/mol. The van der Waals surface area contributed by atoms with E-state index in [0.717, 1.165) is 18.7 Å². The first-order valence-electron chi connectivity index (χ1n) is 6.53. The Kier molecular flexibility index (Phi) is 3.81. The molecular formula is C13H14Cl2N4O. The van der Waals surface area contributed by atoms with Crippen LogP contribution in [-0.2, 0) is 17.8 Å². The van der Waals surface area contributed by atoms with Crippen LogP contribution in [0.3, 0.4) is 0 Å². The van der Waals surface area contributed by atoms with E-state index in [0.29, 0.717) is 34.5 Å². The van der Waals surface area contributed by atoms with Gasteiger partial charge in [-0.1, -0.05) is 11.6 Å². The highest BCUT2D eigenvalue weighted by molar-refractivity contribution is 6.31. The fourth-order valence-corrected chi connectivity index (χ4v) is 2.44. The van der Waals surface area contributed by atoms with Crippen LogP contribution in [0.25, 0.3) is 11.2 Å². The second-order valence-corrected chi connectivity index (χ2v) is 5.71. The molecule has 0 bridgehead atoms. The molecular weight excluding hydrogens is 299 g/mol. The maximum Gasteiger partial charge on any atom is 0.240 e. The van der Waals surface area contributed by atoms with E-state index in [1.807, 2.05) is 4.57 Å². The van der Waals surface area contributed by atoms with E-state index in [-0.39, 0.29) is 12.5 Å². The number of nitrogens with zero attached hydrogens (tertiary/aromatic N) is 3. The molecule has 1 fully saturated rings. The van der Waals surface area contributed by atoms with Crippen LogP contribution in [0.4, 0.5) is 0 Å². The molecule has 106 valence electrons. The van der Waals surface area contributed by atoms with Crippen LogP contribution in [0, 0.1) is 0 Å². The topological polar surface area (TPSA) is 59.8 Å². The number of carbonyl (C=O) groups excluding carboxylic acids is 1. The van der Waals surface area contributed by atoms with Gasteiger partial charge in [-0.3, -0.25) is 4.79 Å². The molecule has 1 saturated carbocycles. The molecule has 0 aliphatic heterocycles. The first kappa shape index (κ1) is 13.6. The average molecular weight is 313 g/mol. The normalized spacial score (nSPS) is 14.7. The maximum atomic E-state index is 12.0. The molecule has 2 heterocycles. The second-order valence-electron chi connectivity index (χ2n) is 4.89. The number of imidazole rings is 1. The minimum absolute atomic E-state index is 0.0145. The summed E-state index contributed by atoms with van der Waals surface area (Å²) in [5.41, 5.74) is 1.36. The second kappa shape index (κ2) is 5.58. The summed E-state index contributed by atoms with van der Waals surface area (Å²) in [7, 11) is 0. The lowest BCUT2D eigenvalue weighted by atomic mass is 10.4. The van der Waals surface area contributed by atoms with Gasteiger partial charge < -0.3 is 9.88 Å². The Labute approximate surface area is 126 Å². The number of aromatic nitrogens is 3. The summed E-state index contributed by atoms with van der Waals surface area (Å²) in [6.45, 7) is 0.216. The Morgan fingerprint density at radius 2 is 2.30 bits per heavy atom. The molecule has 0 atom stereocenters. The summed E-state index contributed by atoms with van der Waals surface area (Å²) in [6, 6.07) is 2.09. The molecule has 1 aliphatic rings. The van der Waals surface area contributed by atoms with E-state index in [2.05, 4.69) is 15.3 Å². The van der Waals surface area contributed by atoms with Gasteiger partial charge in [0.05, 0.1) is 5.02 Å².